The molecule has 1 aromatic heterocycles. The molecule has 0 atom stereocenters. The first-order valence-corrected chi connectivity index (χ1v) is 4.28. The summed E-state index contributed by atoms with van der Waals surface area (Å²) >= 11 is 5.79. The van der Waals surface area contributed by atoms with Crippen LogP contribution in [-0.4, -0.2) is 9.36 Å². The molecule has 0 radical (unpaired) electrons. The summed E-state index contributed by atoms with van der Waals surface area (Å²) in [7, 11) is 1.84. The predicted molar refractivity (Wildman–Crippen MR) is 49.8 cm³/mol. The molecule has 0 N–H and O–H groups in total. The van der Waals surface area contributed by atoms with E-state index in [1.807, 2.05) is 27.8 Å². The monoisotopic (exact) mass is 188 g/mol. The van der Waals surface area contributed by atoms with Crippen LogP contribution in [0.15, 0.2) is 4.79 Å². The van der Waals surface area contributed by atoms with E-state index in [0.29, 0.717) is 5.02 Å². The zero-order chi connectivity index (χ0) is 9.46. The fourth-order valence-electron chi connectivity index (χ4n) is 1.28. The first-order chi connectivity index (χ1) is 5.46. The van der Waals surface area contributed by atoms with Crippen molar-refractivity contribution in [3.05, 3.63) is 21.1 Å². The van der Waals surface area contributed by atoms with E-state index in [1.54, 1.807) is 9.36 Å². The lowest BCUT2D eigenvalue weighted by atomic mass is 10.4. The second kappa shape index (κ2) is 2.98. The van der Waals surface area contributed by atoms with Crippen LogP contribution in [0.4, 0.5) is 0 Å². The van der Waals surface area contributed by atoms with Gasteiger partial charge in [0, 0.05) is 13.1 Å². The Hall–Kier alpha value is -0.700. The third-order valence-corrected chi connectivity index (χ3v) is 2.45. The van der Waals surface area contributed by atoms with E-state index in [0.717, 1.165) is 5.69 Å². The quantitative estimate of drug-likeness (QED) is 0.660. The van der Waals surface area contributed by atoms with Crippen LogP contribution in [0.25, 0.3) is 0 Å². The molecule has 0 spiro atoms. The molecule has 12 heavy (non-hydrogen) atoms. The van der Waals surface area contributed by atoms with Crippen molar-refractivity contribution in [1.82, 2.24) is 9.36 Å². The Kier molecular flexibility index (Phi) is 2.33. The molecule has 3 nitrogen and oxygen atoms in total. The Morgan fingerprint density at radius 3 is 2.08 bits per heavy atom. The summed E-state index contributed by atoms with van der Waals surface area (Å²) < 4.78 is 3.42. The Morgan fingerprint density at radius 1 is 1.42 bits per heavy atom. The highest BCUT2D eigenvalue weighted by Crippen LogP contribution is 2.12. The number of rotatable bonds is 1. The first-order valence-electron chi connectivity index (χ1n) is 3.90. The van der Waals surface area contributed by atoms with Gasteiger partial charge in [0.1, 0.15) is 5.02 Å². The fraction of sp³-hybridized carbons (Fsp3) is 0.625. The van der Waals surface area contributed by atoms with Gasteiger partial charge < -0.3 is 0 Å². The van der Waals surface area contributed by atoms with Crippen LogP contribution in [0.2, 0.25) is 5.02 Å². The Balaban J connectivity index is 3.49. The number of hydrogen-bond acceptors (Lipinski definition) is 1. The lowest BCUT2D eigenvalue weighted by Gasteiger charge is -2.10. The van der Waals surface area contributed by atoms with Crippen molar-refractivity contribution < 1.29 is 0 Å². The molecular weight excluding hydrogens is 176 g/mol. The second-order valence-electron chi connectivity index (χ2n) is 3.17. The highest BCUT2D eigenvalue weighted by molar-refractivity contribution is 6.31. The Bertz CT molecular complexity index is 349. The zero-order valence-corrected chi connectivity index (χ0v) is 8.51. The Labute approximate surface area is 76.5 Å². The van der Waals surface area contributed by atoms with Gasteiger partial charge in [-0.25, -0.2) is 4.68 Å². The Morgan fingerprint density at radius 2 is 1.92 bits per heavy atom. The van der Waals surface area contributed by atoms with Crippen molar-refractivity contribution in [2.75, 3.05) is 0 Å². The molecule has 0 unspecified atom stereocenters. The van der Waals surface area contributed by atoms with Crippen LogP contribution in [-0.2, 0) is 7.05 Å². The summed E-state index contributed by atoms with van der Waals surface area (Å²) in [5, 5.41) is 0.325. The van der Waals surface area contributed by atoms with Crippen LogP contribution in [0.5, 0.6) is 0 Å². The van der Waals surface area contributed by atoms with Gasteiger partial charge in [-0.05, 0) is 20.8 Å². The minimum absolute atomic E-state index is 0.105. The van der Waals surface area contributed by atoms with E-state index < -0.39 is 0 Å². The molecule has 0 aliphatic carbocycles. The summed E-state index contributed by atoms with van der Waals surface area (Å²) in [5.74, 6) is 0. The SMILES string of the molecule is Cc1c(Cl)c(=O)n(C(C)C)n1C. The van der Waals surface area contributed by atoms with Gasteiger partial charge in [-0.3, -0.25) is 9.48 Å². The van der Waals surface area contributed by atoms with Gasteiger partial charge in [0.25, 0.3) is 5.56 Å². The van der Waals surface area contributed by atoms with Gasteiger partial charge in [0.05, 0.1) is 5.69 Å². The molecule has 0 saturated carbocycles. The van der Waals surface area contributed by atoms with E-state index in [1.165, 1.54) is 0 Å². The van der Waals surface area contributed by atoms with Crippen molar-refractivity contribution in [3.63, 3.8) is 0 Å². The molecule has 1 aromatic rings. The van der Waals surface area contributed by atoms with Gasteiger partial charge >= 0.3 is 0 Å². The normalized spacial score (nSPS) is 11.2. The summed E-state index contributed by atoms with van der Waals surface area (Å²) in [6.45, 7) is 5.75. The minimum atomic E-state index is -0.105. The number of hydrogen-bond donors (Lipinski definition) is 0. The van der Waals surface area contributed by atoms with Crippen molar-refractivity contribution >= 4 is 11.6 Å². The van der Waals surface area contributed by atoms with Gasteiger partial charge in [0.2, 0.25) is 0 Å². The van der Waals surface area contributed by atoms with E-state index in [9.17, 15) is 4.79 Å². The summed E-state index contributed by atoms with van der Waals surface area (Å²) in [4.78, 5) is 11.5. The standard InChI is InChI=1S/C8H13ClN2O/c1-5(2)11-8(12)7(9)6(3)10(11)4/h5H,1-4H3. The van der Waals surface area contributed by atoms with Crippen molar-refractivity contribution in [1.29, 1.82) is 0 Å². The van der Waals surface area contributed by atoms with Crippen LogP contribution >= 0.6 is 11.6 Å². The van der Waals surface area contributed by atoms with E-state index in [2.05, 4.69) is 0 Å². The van der Waals surface area contributed by atoms with E-state index in [-0.39, 0.29) is 11.6 Å². The molecule has 0 bridgehead atoms. The summed E-state index contributed by atoms with van der Waals surface area (Å²) in [6, 6.07) is 0.147. The van der Waals surface area contributed by atoms with Crippen LogP contribution in [0.1, 0.15) is 25.6 Å². The molecular formula is C8H13ClN2O. The van der Waals surface area contributed by atoms with Crippen LogP contribution < -0.4 is 5.56 Å². The molecule has 1 heterocycles. The third kappa shape index (κ3) is 1.18. The second-order valence-corrected chi connectivity index (χ2v) is 3.54. The number of halogens is 1. The molecule has 0 fully saturated rings. The third-order valence-electron chi connectivity index (χ3n) is 2.01. The maximum Gasteiger partial charge on any atom is 0.285 e. The van der Waals surface area contributed by atoms with Crippen molar-refractivity contribution in [2.24, 2.45) is 7.05 Å². The molecule has 0 aliphatic rings. The molecule has 0 aliphatic heterocycles. The summed E-state index contributed by atoms with van der Waals surface area (Å²) in [6.07, 6.45) is 0. The van der Waals surface area contributed by atoms with Gasteiger partial charge in [-0.15, -0.1) is 0 Å². The lowest BCUT2D eigenvalue weighted by molar-refractivity contribution is 0.432. The number of nitrogens with zero attached hydrogens (tertiary/aromatic N) is 2. The fourth-order valence-corrected chi connectivity index (χ4v) is 1.49. The highest BCUT2D eigenvalue weighted by atomic mass is 35.5. The molecule has 0 amide bonds. The van der Waals surface area contributed by atoms with E-state index >= 15 is 0 Å². The molecule has 1 rings (SSSR count). The van der Waals surface area contributed by atoms with Crippen LogP contribution in [0, 0.1) is 6.92 Å². The average Bonchev–Trinajstić information content (AvgIpc) is 2.16. The molecule has 0 saturated heterocycles. The molecule has 4 heteroatoms. The highest BCUT2D eigenvalue weighted by Gasteiger charge is 2.13. The lowest BCUT2D eigenvalue weighted by Crippen LogP contribution is -2.23. The largest absolute Gasteiger partial charge is 0.288 e. The minimum Gasteiger partial charge on any atom is -0.288 e. The predicted octanol–water partition coefficient (Wildman–Crippen LogP) is 1.73. The topological polar surface area (TPSA) is 26.9 Å². The van der Waals surface area contributed by atoms with Gasteiger partial charge in [0.15, 0.2) is 0 Å². The summed E-state index contributed by atoms with van der Waals surface area (Å²) in [5.41, 5.74) is 0.710. The van der Waals surface area contributed by atoms with Crippen molar-refractivity contribution in [3.8, 4) is 0 Å². The average molecular weight is 189 g/mol. The molecule has 0 aromatic carbocycles. The first kappa shape index (κ1) is 9.39. The maximum absolute atomic E-state index is 11.5. The van der Waals surface area contributed by atoms with E-state index in [4.69, 9.17) is 11.6 Å². The van der Waals surface area contributed by atoms with Crippen LogP contribution in [0.3, 0.4) is 0 Å². The van der Waals surface area contributed by atoms with Gasteiger partial charge in [-0.1, -0.05) is 11.6 Å². The smallest absolute Gasteiger partial charge is 0.285 e. The zero-order valence-electron chi connectivity index (χ0n) is 7.76. The molecule has 68 valence electrons. The maximum atomic E-state index is 11.5. The number of aromatic nitrogens is 2. The van der Waals surface area contributed by atoms with Gasteiger partial charge in [-0.2, -0.15) is 0 Å². The van der Waals surface area contributed by atoms with Crippen molar-refractivity contribution in [2.45, 2.75) is 26.8 Å².